The topological polar surface area (TPSA) is 105 Å². The number of methoxy groups -OCH3 is 1. The highest BCUT2D eigenvalue weighted by molar-refractivity contribution is 7.92. The number of benzene rings is 1. The fourth-order valence-corrected chi connectivity index (χ4v) is 2.91. The fraction of sp³-hybridized carbons (Fsp3) is 0.417. The molecule has 0 amide bonds. The van der Waals surface area contributed by atoms with Crippen LogP contribution in [-0.2, 0) is 14.8 Å². The van der Waals surface area contributed by atoms with Crippen molar-refractivity contribution < 1.29 is 18.4 Å². The van der Waals surface area contributed by atoms with Crippen LogP contribution in [0.1, 0.15) is 12.0 Å². The molecule has 1 rings (SSSR count). The minimum Gasteiger partial charge on any atom is -0.409 e. The maximum atomic E-state index is 12.2. The number of anilines is 1. The Morgan fingerprint density at radius 3 is 2.70 bits per heavy atom. The number of rotatable bonds is 7. The molecule has 0 aliphatic carbocycles. The molecule has 1 aromatic carbocycles. The Morgan fingerprint density at radius 2 is 2.10 bits per heavy atom. The van der Waals surface area contributed by atoms with Gasteiger partial charge in [0.15, 0.2) is 5.84 Å². The van der Waals surface area contributed by atoms with E-state index >= 15 is 0 Å². The number of hydrogen-bond acceptors (Lipinski definition) is 5. The van der Waals surface area contributed by atoms with E-state index in [2.05, 4.69) is 5.16 Å². The average molecular weight is 301 g/mol. The smallest absolute Gasteiger partial charge is 0.235 e. The normalized spacial score (nSPS) is 12.4. The molecule has 0 aliphatic heterocycles. The molecule has 3 N–H and O–H groups in total. The van der Waals surface area contributed by atoms with Crippen molar-refractivity contribution >= 4 is 21.5 Å². The molecule has 0 spiro atoms. The van der Waals surface area contributed by atoms with Gasteiger partial charge in [-0.25, -0.2) is 8.42 Å². The third-order valence-corrected chi connectivity index (χ3v) is 4.63. The van der Waals surface area contributed by atoms with Crippen LogP contribution in [0, 0.1) is 0 Å². The van der Waals surface area contributed by atoms with Gasteiger partial charge in [-0.15, -0.1) is 0 Å². The molecule has 0 radical (unpaired) electrons. The summed E-state index contributed by atoms with van der Waals surface area (Å²) >= 11 is 0. The summed E-state index contributed by atoms with van der Waals surface area (Å²) in [5.74, 6) is -0.179. The van der Waals surface area contributed by atoms with Crippen LogP contribution in [0.25, 0.3) is 0 Å². The highest BCUT2D eigenvalue weighted by Gasteiger charge is 2.21. The Hall–Kier alpha value is -1.80. The summed E-state index contributed by atoms with van der Waals surface area (Å²) < 4.78 is 30.4. The number of amidine groups is 1. The zero-order chi connectivity index (χ0) is 15.2. The van der Waals surface area contributed by atoms with Crippen LogP contribution >= 0.6 is 0 Å². The Kier molecular flexibility index (Phi) is 5.78. The number of sulfonamides is 1. The summed E-state index contributed by atoms with van der Waals surface area (Å²) in [6.45, 7) is 0.370. The molecule has 8 heteroatoms. The van der Waals surface area contributed by atoms with E-state index in [-0.39, 0.29) is 11.6 Å². The fourth-order valence-electron chi connectivity index (χ4n) is 1.69. The SMILES string of the molecule is COCCCS(=O)(=O)N(C)c1ccccc1/C(N)=N/O. The van der Waals surface area contributed by atoms with Crippen molar-refractivity contribution in [2.75, 3.05) is 30.8 Å². The standard InChI is InChI=1S/C12H19N3O4S/c1-15(20(17,18)9-5-8-19-2)11-7-4-3-6-10(11)12(13)14-16/h3-4,6-7,16H,5,8-9H2,1-2H3,(H2,13,14). The molecule has 0 saturated heterocycles. The minimum atomic E-state index is -3.49. The molecule has 0 heterocycles. The van der Waals surface area contributed by atoms with E-state index in [4.69, 9.17) is 15.7 Å². The van der Waals surface area contributed by atoms with Crippen LogP contribution in [0.2, 0.25) is 0 Å². The van der Waals surface area contributed by atoms with Gasteiger partial charge in [-0.3, -0.25) is 4.31 Å². The number of para-hydroxylation sites is 1. The third-order valence-electron chi connectivity index (χ3n) is 2.79. The molecule has 0 aliphatic rings. The van der Waals surface area contributed by atoms with Gasteiger partial charge in [0, 0.05) is 26.3 Å². The molecule has 7 nitrogen and oxygen atoms in total. The largest absolute Gasteiger partial charge is 0.409 e. The van der Waals surface area contributed by atoms with E-state index in [9.17, 15) is 8.42 Å². The lowest BCUT2D eigenvalue weighted by Crippen LogP contribution is -2.31. The zero-order valence-corrected chi connectivity index (χ0v) is 12.3. The molecule has 0 atom stereocenters. The Morgan fingerprint density at radius 1 is 1.45 bits per heavy atom. The number of ether oxygens (including phenoxy) is 1. The van der Waals surface area contributed by atoms with Crippen LogP contribution < -0.4 is 10.0 Å². The van der Waals surface area contributed by atoms with Gasteiger partial charge < -0.3 is 15.7 Å². The molecule has 20 heavy (non-hydrogen) atoms. The van der Waals surface area contributed by atoms with E-state index in [1.54, 1.807) is 24.3 Å². The number of nitrogens with zero attached hydrogens (tertiary/aromatic N) is 2. The lowest BCUT2D eigenvalue weighted by Gasteiger charge is -2.21. The van der Waals surface area contributed by atoms with Crippen molar-refractivity contribution in [1.82, 2.24) is 0 Å². The lowest BCUT2D eigenvalue weighted by atomic mass is 10.1. The van der Waals surface area contributed by atoms with Gasteiger partial charge in [-0.1, -0.05) is 17.3 Å². The summed E-state index contributed by atoms with van der Waals surface area (Å²) in [4.78, 5) is 0. The first-order chi connectivity index (χ1) is 9.44. The first kappa shape index (κ1) is 16.3. The highest BCUT2D eigenvalue weighted by atomic mass is 32.2. The van der Waals surface area contributed by atoms with Crippen molar-refractivity contribution in [3.63, 3.8) is 0 Å². The minimum absolute atomic E-state index is 0.0398. The second kappa shape index (κ2) is 7.11. The average Bonchev–Trinajstić information content (AvgIpc) is 2.45. The van der Waals surface area contributed by atoms with Crippen LogP contribution in [0.5, 0.6) is 0 Å². The van der Waals surface area contributed by atoms with E-state index in [1.807, 2.05) is 0 Å². The second-order valence-electron chi connectivity index (χ2n) is 4.13. The molecule has 112 valence electrons. The monoisotopic (exact) mass is 301 g/mol. The molecule has 0 bridgehead atoms. The van der Waals surface area contributed by atoms with Crippen molar-refractivity contribution in [2.24, 2.45) is 10.9 Å². The van der Waals surface area contributed by atoms with Crippen molar-refractivity contribution in [3.8, 4) is 0 Å². The van der Waals surface area contributed by atoms with E-state index < -0.39 is 10.0 Å². The summed E-state index contributed by atoms with van der Waals surface area (Å²) in [6, 6.07) is 6.56. The maximum Gasteiger partial charge on any atom is 0.235 e. The Balaban J connectivity index is 3.06. The predicted molar refractivity (Wildman–Crippen MR) is 77.6 cm³/mol. The van der Waals surface area contributed by atoms with Gasteiger partial charge in [0.25, 0.3) is 0 Å². The van der Waals surface area contributed by atoms with Crippen molar-refractivity contribution in [2.45, 2.75) is 6.42 Å². The van der Waals surface area contributed by atoms with Crippen LogP contribution in [0.15, 0.2) is 29.4 Å². The van der Waals surface area contributed by atoms with E-state index in [0.717, 1.165) is 4.31 Å². The van der Waals surface area contributed by atoms with E-state index in [1.165, 1.54) is 14.2 Å². The number of nitrogens with two attached hydrogens (primary N) is 1. The first-order valence-corrected chi connectivity index (χ1v) is 7.57. The Bertz CT molecular complexity index is 572. The summed E-state index contributed by atoms with van der Waals surface area (Å²) in [6.07, 6.45) is 0.398. The predicted octanol–water partition coefficient (Wildman–Crippen LogP) is 0.584. The number of oxime groups is 1. The van der Waals surface area contributed by atoms with Crippen LogP contribution in [0.3, 0.4) is 0 Å². The maximum absolute atomic E-state index is 12.2. The lowest BCUT2D eigenvalue weighted by molar-refractivity contribution is 0.199. The summed E-state index contributed by atoms with van der Waals surface area (Å²) in [5.41, 5.74) is 6.27. The van der Waals surface area contributed by atoms with Crippen molar-refractivity contribution in [3.05, 3.63) is 29.8 Å². The van der Waals surface area contributed by atoms with Gasteiger partial charge >= 0.3 is 0 Å². The number of hydrogen-bond donors (Lipinski definition) is 2. The molecular formula is C12H19N3O4S. The molecule has 0 aromatic heterocycles. The summed E-state index contributed by atoms with van der Waals surface area (Å²) in [5, 5.41) is 11.7. The molecule has 0 saturated carbocycles. The Labute approximate surface area is 118 Å². The van der Waals surface area contributed by atoms with E-state index in [0.29, 0.717) is 24.3 Å². The van der Waals surface area contributed by atoms with Gasteiger partial charge in [-0.2, -0.15) is 0 Å². The zero-order valence-electron chi connectivity index (χ0n) is 11.5. The second-order valence-corrected chi connectivity index (χ2v) is 6.25. The van der Waals surface area contributed by atoms with Crippen LogP contribution in [-0.4, -0.2) is 46.0 Å². The third kappa shape index (κ3) is 3.84. The van der Waals surface area contributed by atoms with Gasteiger partial charge in [-0.05, 0) is 18.6 Å². The van der Waals surface area contributed by atoms with Gasteiger partial charge in [0.05, 0.1) is 11.4 Å². The molecule has 1 aromatic rings. The van der Waals surface area contributed by atoms with Gasteiger partial charge in [0.1, 0.15) is 0 Å². The summed E-state index contributed by atoms with van der Waals surface area (Å²) in [7, 11) is -0.535. The molecular weight excluding hydrogens is 282 g/mol. The highest BCUT2D eigenvalue weighted by Crippen LogP contribution is 2.22. The first-order valence-electron chi connectivity index (χ1n) is 5.96. The van der Waals surface area contributed by atoms with Crippen molar-refractivity contribution in [1.29, 1.82) is 0 Å². The molecule has 0 fully saturated rings. The van der Waals surface area contributed by atoms with Gasteiger partial charge in [0.2, 0.25) is 10.0 Å². The quantitative estimate of drug-likeness (QED) is 0.252. The molecule has 0 unspecified atom stereocenters. The van der Waals surface area contributed by atoms with Crippen LogP contribution in [0.4, 0.5) is 5.69 Å².